The molecule has 0 saturated carbocycles. The summed E-state index contributed by atoms with van der Waals surface area (Å²) in [6.45, 7) is 1.72. The third-order valence-electron chi connectivity index (χ3n) is 1.21. The van der Waals surface area contributed by atoms with Crippen LogP contribution in [0.3, 0.4) is 0 Å². The molecule has 0 aliphatic rings. The third kappa shape index (κ3) is 2.03. The minimum absolute atomic E-state index is 0.131. The topological polar surface area (TPSA) is 46.0 Å². The first-order chi connectivity index (χ1) is 5.34. The molecule has 0 bridgehead atoms. The molecule has 0 saturated heterocycles. The molecule has 0 atom stereocenters. The molecule has 0 aliphatic heterocycles. The molecule has 1 aromatic rings. The van der Waals surface area contributed by atoms with Crippen molar-refractivity contribution in [2.45, 2.75) is 6.92 Å². The van der Waals surface area contributed by atoms with Gasteiger partial charge in [-0.25, -0.2) is 9.97 Å². The van der Waals surface area contributed by atoms with Crippen molar-refractivity contribution in [3.8, 4) is 11.8 Å². The predicted molar refractivity (Wildman–Crippen MR) is 40.7 cm³/mol. The Morgan fingerprint density at radius 1 is 1.64 bits per heavy atom. The highest BCUT2D eigenvalue weighted by atomic mass is 16.2. The summed E-state index contributed by atoms with van der Waals surface area (Å²) in [5.41, 5.74) is 1.60. The summed E-state index contributed by atoms with van der Waals surface area (Å²) < 4.78 is 0. The molecule has 0 spiro atoms. The van der Waals surface area contributed by atoms with Crippen molar-refractivity contribution < 1.29 is 5.11 Å². The quantitative estimate of drug-likeness (QED) is 0.532. The van der Waals surface area contributed by atoms with Gasteiger partial charge >= 0.3 is 0 Å². The fraction of sp³-hybridized carbons (Fsp3) is 0.250. The van der Waals surface area contributed by atoms with Gasteiger partial charge < -0.3 is 5.11 Å². The Kier molecular flexibility index (Phi) is 2.59. The molecule has 1 heterocycles. The van der Waals surface area contributed by atoms with Crippen LogP contribution in [0, 0.1) is 18.8 Å². The van der Waals surface area contributed by atoms with Gasteiger partial charge in [0.2, 0.25) is 0 Å². The molecule has 0 amide bonds. The van der Waals surface area contributed by atoms with Gasteiger partial charge in [-0.2, -0.15) is 0 Å². The van der Waals surface area contributed by atoms with E-state index in [0.29, 0.717) is 0 Å². The summed E-state index contributed by atoms with van der Waals surface area (Å²) in [5, 5.41) is 8.40. The first-order valence-electron chi connectivity index (χ1n) is 3.21. The van der Waals surface area contributed by atoms with Gasteiger partial charge in [0.25, 0.3) is 0 Å². The number of hydrogen-bond donors (Lipinski definition) is 1. The van der Waals surface area contributed by atoms with E-state index in [1.165, 1.54) is 6.33 Å². The normalized spacial score (nSPS) is 8.55. The Hall–Kier alpha value is -1.40. The Balaban J connectivity index is 2.95. The van der Waals surface area contributed by atoms with Gasteiger partial charge in [-0.05, 0) is 6.92 Å². The summed E-state index contributed by atoms with van der Waals surface area (Å²) in [6, 6.07) is 0. The van der Waals surface area contributed by atoms with Gasteiger partial charge in [0.15, 0.2) is 0 Å². The molecule has 3 heteroatoms. The molecule has 11 heavy (non-hydrogen) atoms. The van der Waals surface area contributed by atoms with Gasteiger partial charge in [-0.15, -0.1) is 0 Å². The van der Waals surface area contributed by atoms with Crippen molar-refractivity contribution in [3.05, 3.63) is 23.8 Å². The smallest absolute Gasteiger partial charge is 0.115 e. The van der Waals surface area contributed by atoms with E-state index in [2.05, 4.69) is 21.8 Å². The van der Waals surface area contributed by atoms with E-state index in [0.717, 1.165) is 11.3 Å². The SMILES string of the molecule is Cc1ncncc1C#CCO. The molecule has 0 radical (unpaired) electrons. The van der Waals surface area contributed by atoms with Crippen LogP contribution in [0.1, 0.15) is 11.3 Å². The van der Waals surface area contributed by atoms with Crippen molar-refractivity contribution in [2.24, 2.45) is 0 Å². The number of aryl methyl sites for hydroxylation is 1. The van der Waals surface area contributed by atoms with Crippen LogP contribution in [0.15, 0.2) is 12.5 Å². The number of aliphatic hydroxyl groups is 1. The van der Waals surface area contributed by atoms with Gasteiger partial charge in [-0.3, -0.25) is 0 Å². The van der Waals surface area contributed by atoms with Gasteiger partial charge in [0, 0.05) is 6.20 Å². The Morgan fingerprint density at radius 2 is 2.45 bits per heavy atom. The Bertz CT molecular complexity index is 298. The largest absolute Gasteiger partial charge is 0.384 e. The molecular weight excluding hydrogens is 140 g/mol. The van der Waals surface area contributed by atoms with Crippen molar-refractivity contribution in [2.75, 3.05) is 6.61 Å². The van der Waals surface area contributed by atoms with Crippen molar-refractivity contribution in [3.63, 3.8) is 0 Å². The van der Waals surface area contributed by atoms with Crippen LogP contribution in [-0.4, -0.2) is 21.7 Å². The van der Waals surface area contributed by atoms with E-state index in [1.54, 1.807) is 6.20 Å². The molecule has 3 nitrogen and oxygen atoms in total. The summed E-state index contributed by atoms with van der Waals surface area (Å²) in [5.74, 6) is 5.27. The molecule has 0 unspecified atom stereocenters. The number of nitrogens with zero attached hydrogens (tertiary/aromatic N) is 2. The summed E-state index contributed by atoms with van der Waals surface area (Å²) in [6.07, 6.45) is 3.10. The molecule has 1 N–H and O–H groups in total. The second kappa shape index (κ2) is 3.69. The number of hydrogen-bond acceptors (Lipinski definition) is 3. The van der Waals surface area contributed by atoms with E-state index in [1.807, 2.05) is 6.92 Å². The molecule has 0 aliphatic carbocycles. The minimum Gasteiger partial charge on any atom is -0.384 e. The van der Waals surface area contributed by atoms with Gasteiger partial charge in [0.1, 0.15) is 12.9 Å². The van der Waals surface area contributed by atoms with Crippen LogP contribution in [0.25, 0.3) is 0 Å². The summed E-state index contributed by atoms with van der Waals surface area (Å²) in [7, 11) is 0. The maximum absolute atomic E-state index is 8.40. The van der Waals surface area contributed by atoms with Gasteiger partial charge in [-0.1, -0.05) is 11.8 Å². The molecular formula is C8H8N2O. The van der Waals surface area contributed by atoms with Crippen LogP contribution in [-0.2, 0) is 0 Å². The highest BCUT2D eigenvalue weighted by Crippen LogP contribution is 1.97. The minimum atomic E-state index is -0.131. The lowest BCUT2D eigenvalue weighted by atomic mass is 10.2. The Labute approximate surface area is 65.1 Å². The average molecular weight is 148 g/mol. The monoisotopic (exact) mass is 148 g/mol. The second-order valence-corrected chi connectivity index (χ2v) is 1.98. The zero-order chi connectivity index (χ0) is 8.10. The number of aliphatic hydroxyl groups excluding tert-OH is 1. The standard InChI is InChI=1S/C8H8N2O/c1-7-8(3-2-4-11)5-9-6-10-7/h5-6,11H,4H2,1H3. The van der Waals surface area contributed by atoms with E-state index in [9.17, 15) is 0 Å². The lowest BCUT2D eigenvalue weighted by Crippen LogP contribution is -1.88. The molecule has 1 rings (SSSR count). The highest BCUT2D eigenvalue weighted by molar-refractivity contribution is 5.34. The van der Waals surface area contributed by atoms with Gasteiger partial charge in [0.05, 0.1) is 11.3 Å². The van der Waals surface area contributed by atoms with E-state index < -0.39 is 0 Å². The average Bonchev–Trinajstić information content (AvgIpc) is 2.03. The zero-order valence-corrected chi connectivity index (χ0v) is 6.20. The maximum Gasteiger partial charge on any atom is 0.115 e. The fourth-order valence-electron chi connectivity index (χ4n) is 0.648. The van der Waals surface area contributed by atoms with E-state index in [4.69, 9.17) is 5.11 Å². The molecule has 0 fully saturated rings. The first-order valence-corrected chi connectivity index (χ1v) is 3.21. The van der Waals surface area contributed by atoms with Crippen molar-refractivity contribution in [1.29, 1.82) is 0 Å². The van der Waals surface area contributed by atoms with Crippen LogP contribution < -0.4 is 0 Å². The third-order valence-corrected chi connectivity index (χ3v) is 1.21. The van der Waals surface area contributed by atoms with Crippen LogP contribution in [0.4, 0.5) is 0 Å². The highest BCUT2D eigenvalue weighted by Gasteiger charge is 1.91. The number of rotatable bonds is 0. The van der Waals surface area contributed by atoms with Crippen LogP contribution >= 0.6 is 0 Å². The predicted octanol–water partition coefficient (Wildman–Crippen LogP) is 0.129. The Morgan fingerprint density at radius 3 is 3.09 bits per heavy atom. The first kappa shape index (κ1) is 7.70. The van der Waals surface area contributed by atoms with Crippen LogP contribution in [0.5, 0.6) is 0 Å². The van der Waals surface area contributed by atoms with E-state index >= 15 is 0 Å². The fourth-order valence-corrected chi connectivity index (χ4v) is 0.648. The lowest BCUT2D eigenvalue weighted by molar-refractivity contribution is 0.350. The number of aromatic nitrogens is 2. The van der Waals surface area contributed by atoms with Crippen LogP contribution in [0.2, 0.25) is 0 Å². The zero-order valence-electron chi connectivity index (χ0n) is 6.20. The van der Waals surface area contributed by atoms with E-state index in [-0.39, 0.29) is 6.61 Å². The summed E-state index contributed by atoms with van der Waals surface area (Å²) >= 11 is 0. The van der Waals surface area contributed by atoms with Crippen molar-refractivity contribution in [1.82, 2.24) is 9.97 Å². The molecule has 0 aromatic carbocycles. The molecule has 1 aromatic heterocycles. The summed E-state index contributed by atoms with van der Waals surface area (Å²) in [4.78, 5) is 7.74. The maximum atomic E-state index is 8.40. The molecule has 56 valence electrons. The van der Waals surface area contributed by atoms with Crippen molar-refractivity contribution >= 4 is 0 Å². The lowest BCUT2D eigenvalue weighted by Gasteiger charge is -1.91. The second-order valence-electron chi connectivity index (χ2n) is 1.98.